The van der Waals surface area contributed by atoms with Crippen LogP contribution in [-0.2, 0) is 0 Å². The molecule has 0 radical (unpaired) electrons. The first-order valence-electron chi connectivity index (χ1n) is 13.7. The van der Waals surface area contributed by atoms with Crippen molar-refractivity contribution in [3.63, 3.8) is 0 Å². The van der Waals surface area contributed by atoms with Crippen LogP contribution in [-0.4, -0.2) is 13.3 Å². The van der Waals surface area contributed by atoms with Gasteiger partial charge >= 0.3 is 0 Å². The third-order valence-electron chi connectivity index (χ3n) is 19.2. The van der Waals surface area contributed by atoms with Gasteiger partial charge in [-0.3, -0.25) is 0 Å². The molecule has 9 saturated carbocycles. The highest BCUT2D eigenvalue weighted by molar-refractivity contribution is 14.1. The summed E-state index contributed by atoms with van der Waals surface area (Å²) < 4.78 is 6.97. The summed E-state index contributed by atoms with van der Waals surface area (Å²) in [6.07, 6.45) is 3.20. The van der Waals surface area contributed by atoms with E-state index < -0.39 is 0 Å². The van der Waals surface area contributed by atoms with E-state index in [1.54, 1.807) is 12.8 Å². The maximum atomic E-state index is 6.97. The summed E-state index contributed by atoms with van der Waals surface area (Å²) in [6, 6.07) is 0. The van der Waals surface area contributed by atoms with Gasteiger partial charge in [0.25, 0.3) is 0 Å². The van der Waals surface area contributed by atoms with Crippen molar-refractivity contribution < 1.29 is 3.44 Å². The number of fused-ring (bicyclic) bond motifs is 5. The third kappa shape index (κ3) is 1.22. The van der Waals surface area contributed by atoms with E-state index in [9.17, 15) is 0 Å². The zero-order valence-corrected chi connectivity index (χ0v) is 29.9. The van der Waals surface area contributed by atoms with Crippen LogP contribution in [0.2, 0.25) is 0 Å². The molecule has 0 aromatic heterocycles. The lowest BCUT2D eigenvalue weighted by molar-refractivity contribution is -0.763. The summed E-state index contributed by atoms with van der Waals surface area (Å²) in [5.41, 5.74) is 6.12. The molecule has 9 aliphatic rings. The topological polar surface area (TPSA) is 20.2 Å². The first kappa shape index (κ1) is 26.4. The Morgan fingerprint density at radius 1 is 0.500 bits per heavy atom. The Morgan fingerprint density at radius 3 is 1.50 bits per heavy atom. The van der Waals surface area contributed by atoms with Crippen LogP contribution in [0.25, 0.3) is 0 Å². The molecule has 1 nitrogen and oxygen atoms in total. The van der Waals surface area contributed by atoms with Gasteiger partial charge in [-0.15, -0.1) is 0 Å². The Bertz CT molecular complexity index is 1020. The molecule has 0 aromatic rings. The van der Waals surface area contributed by atoms with Crippen molar-refractivity contribution in [1.29, 1.82) is 0 Å². The zero-order valence-electron chi connectivity index (χ0n) is 23.5. The quantitative estimate of drug-likeness (QED) is 0.192. The number of hydrogen-bond donors (Lipinski definition) is 1. The van der Waals surface area contributed by atoms with E-state index in [0.29, 0.717) is 48.7 Å². The third-order valence-corrected chi connectivity index (χ3v) is 19.2. The molecule has 9 aliphatic carbocycles. The maximum absolute atomic E-state index is 6.97. The van der Waals surface area contributed by atoms with Crippen LogP contribution >= 0.6 is 68.2 Å². The highest BCUT2D eigenvalue weighted by Gasteiger charge is 3.23. The second-order valence-corrected chi connectivity index (χ2v) is 15.4. The van der Waals surface area contributed by atoms with Crippen LogP contribution in [0.1, 0.15) is 82.1 Å². The predicted octanol–water partition coefficient (Wildman–Crippen LogP) is 9.08. The minimum atomic E-state index is 0.539. The van der Waals surface area contributed by atoms with Crippen molar-refractivity contribution in [3.8, 4) is 0 Å². The second kappa shape index (κ2) is 6.07. The van der Waals surface area contributed by atoms with Gasteiger partial charge in [0.1, 0.15) is 23.0 Å². The smallest absolute Gasteiger partial charge is 0.106 e. The van der Waals surface area contributed by atoms with E-state index >= 15 is 0 Å². The van der Waals surface area contributed by atoms with Gasteiger partial charge in [-0.25, -0.2) is 0 Å². The van der Waals surface area contributed by atoms with E-state index in [4.69, 9.17) is 3.44 Å². The summed E-state index contributed by atoms with van der Waals surface area (Å²) >= 11 is 5.45. The molecule has 16 unspecified atom stereocenters. The Hall–Kier alpha value is 2.15. The fraction of sp³-hybridized carbons (Fsp3) is 1.00. The van der Waals surface area contributed by atoms with E-state index in [-0.39, 0.29) is 0 Å². The molecule has 0 saturated heterocycles. The molecule has 16 atom stereocenters. The van der Waals surface area contributed by atoms with Crippen molar-refractivity contribution >= 4 is 68.2 Å². The van der Waals surface area contributed by atoms with Gasteiger partial charge in [0.05, 0.1) is 0 Å². The van der Waals surface area contributed by atoms with Crippen LogP contribution in [0.15, 0.2) is 0 Å². The fourth-order valence-electron chi connectivity index (χ4n) is 19.5. The van der Waals surface area contributed by atoms with Crippen LogP contribution in [0.4, 0.5) is 0 Å². The minimum Gasteiger partial charge on any atom is -0.331 e. The molecule has 194 valence electrons. The lowest BCUT2D eigenvalue weighted by Crippen LogP contribution is -3.19. The lowest BCUT2D eigenvalue weighted by Gasteiger charge is -3.22. The van der Waals surface area contributed by atoms with Gasteiger partial charge in [-0.2, -0.15) is 0 Å². The average molecular weight is 804 g/mol. The van der Waals surface area contributed by atoms with E-state index in [1.807, 2.05) is 9.86 Å². The van der Waals surface area contributed by atoms with E-state index in [0.717, 1.165) is 63.9 Å². The molecular weight excluding hydrogens is 757 g/mol. The Balaban J connectivity index is 0.000000340. The molecule has 0 heterocycles. The van der Waals surface area contributed by atoms with Gasteiger partial charge in [-0.1, -0.05) is 114 Å². The van der Waals surface area contributed by atoms with Crippen molar-refractivity contribution in [3.05, 3.63) is 0 Å². The second-order valence-electron chi connectivity index (χ2n) is 15.4. The molecule has 1 N–H and O–H groups in total. The Morgan fingerprint density at radius 2 is 0.971 bits per heavy atom. The van der Waals surface area contributed by atoms with Crippen molar-refractivity contribution in [2.24, 2.45) is 89.7 Å². The van der Waals surface area contributed by atoms with Gasteiger partial charge in [0, 0.05) is 0 Å². The molecule has 34 heavy (non-hydrogen) atoms. The average Bonchev–Trinajstić information content (AvgIpc) is 3.06. The van der Waals surface area contributed by atoms with E-state index in [2.05, 4.69) is 114 Å². The number of hydrogen-bond acceptors (Lipinski definition) is 1. The van der Waals surface area contributed by atoms with Crippen molar-refractivity contribution in [2.45, 2.75) is 82.1 Å². The van der Waals surface area contributed by atoms with Crippen molar-refractivity contribution in [1.82, 2.24) is 0 Å². The van der Waals surface area contributed by atoms with Crippen LogP contribution in [0, 0.1) is 89.7 Å². The molecule has 9 rings (SSSR count). The summed E-state index contributed by atoms with van der Waals surface area (Å²) in [6.45, 7) is 28.0. The zero-order chi connectivity index (χ0) is 25.9. The molecule has 0 aromatic carbocycles. The summed E-state index contributed by atoms with van der Waals surface area (Å²) in [4.78, 5) is 3.94. The summed E-state index contributed by atoms with van der Waals surface area (Å²) in [7, 11) is 0. The largest absolute Gasteiger partial charge is 0.331 e. The highest BCUT2D eigenvalue weighted by Crippen LogP contribution is 3.26. The maximum Gasteiger partial charge on any atom is 0.106 e. The van der Waals surface area contributed by atoms with Crippen LogP contribution in [0.5, 0.6) is 0 Å². The van der Waals surface area contributed by atoms with Gasteiger partial charge in [-0.05, 0) is 112 Å². The molecule has 0 bridgehead atoms. The normalized spacial score (nSPS) is 78.4. The van der Waals surface area contributed by atoms with Crippen molar-refractivity contribution in [2.75, 3.05) is 9.86 Å². The molecule has 9 fully saturated rings. The standard InChI is InChI=1S/C28H40.2CH3I.HIO/c1-13-15-11-18-17-12-16-14(2)20(4)22(6)24(8)23(7)19(13,3)21(15,5)28(18,23)26(24,10)25(22,9)27(16,17)20;3*1-2/h13-18H,11-12H2,1-10H3;2*1H3;2H. The SMILES string of the molecule is CC1C2CC3C4CC5C(C)C6(C)C5(C)C45C6(C)C4(C)C6(C)C1(C)C23C6(C)C45C.CI.CI.OI. The Labute approximate surface area is 250 Å². The number of halogens is 3. The Kier molecular flexibility index (Phi) is 4.71. The first-order valence-corrected chi connectivity index (χ1v) is 19.0. The van der Waals surface area contributed by atoms with Gasteiger partial charge in [0.2, 0.25) is 0 Å². The lowest BCUT2D eigenvalue weighted by atomic mass is 8.81. The van der Waals surface area contributed by atoms with Gasteiger partial charge in [0.15, 0.2) is 0 Å². The van der Waals surface area contributed by atoms with Crippen LogP contribution < -0.4 is 0 Å². The number of alkyl halides is 2. The highest BCUT2D eigenvalue weighted by atomic mass is 127. The van der Waals surface area contributed by atoms with E-state index in [1.165, 1.54) is 0 Å². The first-order chi connectivity index (χ1) is 15.8. The summed E-state index contributed by atoms with van der Waals surface area (Å²) in [5.74, 6) is 6.15. The molecule has 4 heteroatoms. The molecule has 0 amide bonds. The van der Waals surface area contributed by atoms with Crippen LogP contribution in [0.3, 0.4) is 0 Å². The summed E-state index contributed by atoms with van der Waals surface area (Å²) in [5, 5.41) is 0. The fourth-order valence-corrected chi connectivity index (χ4v) is 19.5. The monoisotopic (exact) mass is 804 g/mol. The molecular formula is C30H47I3O. The molecule has 0 aliphatic heterocycles. The minimum absolute atomic E-state index is 0.539. The predicted molar refractivity (Wildman–Crippen MR) is 167 cm³/mol. The number of rotatable bonds is 0. The molecule has 2 spiro atoms. The van der Waals surface area contributed by atoms with Gasteiger partial charge < -0.3 is 3.44 Å².